The van der Waals surface area contributed by atoms with Crippen molar-refractivity contribution in [2.75, 3.05) is 6.61 Å². The summed E-state index contributed by atoms with van der Waals surface area (Å²) in [5.41, 5.74) is 7.95. The lowest BCUT2D eigenvalue weighted by Gasteiger charge is -2.21. The van der Waals surface area contributed by atoms with E-state index in [1.165, 1.54) is 43.4 Å². The third-order valence-electron chi connectivity index (χ3n) is 4.90. The van der Waals surface area contributed by atoms with E-state index < -0.39 is 6.04 Å². The summed E-state index contributed by atoms with van der Waals surface area (Å²) in [6, 6.07) is 5.62. The van der Waals surface area contributed by atoms with E-state index in [1.807, 2.05) is 18.2 Å². The molecule has 1 atom stereocenters. The van der Waals surface area contributed by atoms with E-state index in [0.717, 1.165) is 27.7 Å². The molecule has 3 heterocycles. The first-order valence-electron chi connectivity index (χ1n) is 9.22. The van der Waals surface area contributed by atoms with E-state index in [0.29, 0.717) is 18.3 Å². The van der Waals surface area contributed by atoms with Crippen LogP contribution < -0.4 is 10.5 Å². The molecule has 0 spiro atoms. The van der Waals surface area contributed by atoms with E-state index in [9.17, 15) is 0 Å². The van der Waals surface area contributed by atoms with Crippen LogP contribution in [0.25, 0.3) is 10.3 Å². The van der Waals surface area contributed by atoms with Gasteiger partial charge in [-0.25, -0.2) is 15.0 Å². The molecular formula is C19H23N5OS. The van der Waals surface area contributed by atoms with Crippen molar-refractivity contribution >= 4 is 21.7 Å². The molecule has 0 aromatic carbocycles. The van der Waals surface area contributed by atoms with Crippen LogP contribution in [0.4, 0.5) is 0 Å². The van der Waals surface area contributed by atoms with Crippen LogP contribution in [0.15, 0.2) is 30.6 Å². The lowest BCUT2D eigenvalue weighted by atomic mass is 9.87. The fourth-order valence-electron chi connectivity index (χ4n) is 3.44. The van der Waals surface area contributed by atoms with Crippen molar-refractivity contribution in [3.05, 3.63) is 41.3 Å². The number of aromatic nitrogens is 4. The first-order valence-corrected chi connectivity index (χ1v) is 10.0. The van der Waals surface area contributed by atoms with Gasteiger partial charge in [-0.2, -0.15) is 4.98 Å². The van der Waals surface area contributed by atoms with Gasteiger partial charge in [-0.1, -0.05) is 43.4 Å². The zero-order valence-electron chi connectivity index (χ0n) is 14.7. The van der Waals surface area contributed by atoms with E-state index in [4.69, 9.17) is 10.5 Å². The van der Waals surface area contributed by atoms with Crippen molar-refractivity contribution < 1.29 is 4.74 Å². The maximum Gasteiger partial charge on any atom is 0.316 e. The van der Waals surface area contributed by atoms with Crippen LogP contribution in [0.5, 0.6) is 6.01 Å². The number of hydrogen-bond acceptors (Lipinski definition) is 7. The first kappa shape index (κ1) is 17.3. The number of thiazole rings is 1. The molecule has 1 unspecified atom stereocenters. The molecular weight excluding hydrogens is 346 g/mol. The van der Waals surface area contributed by atoms with E-state index in [1.54, 1.807) is 12.4 Å². The Morgan fingerprint density at radius 1 is 1.12 bits per heavy atom. The third-order valence-corrected chi connectivity index (χ3v) is 5.97. The van der Waals surface area contributed by atoms with Gasteiger partial charge < -0.3 is 10.5 Å². The summed E-state index contributed by atoms with van der Waals surface area (Å²) >= 11 is 1.49. The maximum atomic E-state index is 6.37. The summed E-state index contributed by atoms with van der Waals surface area (Å²) in [4.78, 5) is 18.5. The highest BCUT2D eigenvalue weighted by Crippen LogP contribution is 2.28. The maximum absolute atomic E-state index is 6.37. The number of hydrogen-bond donors (Lipinski definition) is 1. The van der Waals surface area contributed by atoms with Crippen molar-refractivity contribution in [3.63, 3.8) is 0 Å². The monoisotopic (exact) mass is 369 g/mol. The zero-order valence-corrected chi connectivity index (χ0v) is 15.5. The Balaban J connectivity index is 1.41. The fraction of sp³-hybridized carbons (Fsp3) is 0.474. The van der Waals surface area contributed by atoms with E-state index >= 15 is 0 Å². The minimum absolute atomic E-state index is 0.396. The second kappa shape index (κ2) is 8.05. The lowest BCUT2D eigenvalue weighted by Crippen LogP contribution is -2.15. The fourth-order valence-corrected chi connectivity index (χ4v) is 4.36. The molecule has 0 bridgehead atoms. The SMILES string of the molecule is NC(c1ccnc(OCCC2CCCCC2)n1)c1nc2cccnc2s1. The van der Waals surface area contributed by atoms with E-state index in [-0.39, 0.29) is 0 Å². The normalized spacial score (nSPS) is 16.7. The van der Waals surface area contributed by atoms with Gasteiger partial charge in [-0.3, -0.25) is 0 Å². The summed E-state index contributed by atoms with van der Waals surface area (Å²) < 4.78 is 5.79. The van der Waals surface area contributed by atoms with Crippen molar-refractivity contribution in [1.82, 2.24) is 19.9 Å². The summed E-state index contributed by atoms with van der Waals surface area (Å²) in [5.74, 6) is 0.782. The quantitative estimate of drug-likeness (QED) is 0.709. The van der Waals surface area contributed by atoms with Crippen LogP contribution in [0.1, 0.15) is 55.3 Å². The van der Waals surface area contributed by atoms with Crippen LogP contribution in [-0.4, -0.2) is 26.5 Å². The molecule has 0 aliphatic heterocycles. The molecule has 6 nitrogen and oxygen atoms in total. The Labute approximate surface area is 156 Å². The number of nitrogens with zero attached hydrogens (tertiary/aromatic N) is 4. The topological polar surface area (TPSA) is 86.8 Å². The Hall–Kier alpha value is -2.12. The highest BCUT2D eigenvalue weighted by atomic mass is 32.1. The lowest BCUT2D eigenvalue weighted by molar-refractivity contribution is 0.232. The van der Waals surface area contributed by atoms with Gasteiger partial charge in [0.2, 0.25) is 0 Å². The Morgan fingerprint density at radius 3 is 2.85 bits per heavy atom. The first-order chi connectivity index (χ1) is 12.8. The second-order valence-corrected chi connectivity index (χ2v) is 7.77. The Kier molecular flexibility index (Phi) is 5.36. The van der Waals surface area contributed by atoms with Crippen molar-refractivity contribution in [2.45, 2.75) is 44.6 Å². The van der Waals surface area contributed by atoms with Gasteiger partial charge in [-0.15, -0.1) is 0 Å². The zero-order chi connectivity index (χ0) is 17.8. The number of nitrogens with two attached hydrogens (primary N) is 1. The van der Waals surface area contributed by atoms with Crippen LogP contribution in [0.3, 0.4) is 0 Å². The highest BCUT2D eigenvalue weighted by molar-refractivity contribution is 7.18. The Morgan fingerprint density at radius 2 is 2.00 bits per heavy atom. The molecule has 3 aromatic rings. The number of ether oxygens (including phenoxy) is 1. The molecule has 1 fully saturated rings. The molecule has 4 rings (SSSR count). The summed E-state index contributed by atoms with van der Waals surface area (Å²) in [6.07, 6.45) is 11.2. The molecule has 0 amide bonds. The molecule has 1 saturated carbocycles. The average molecular weight is 369 g/mol. The molecule has 2 N–H and O–H groups in total. The minimum Gasteiger partial charge on any atom is -0.463 e. The summed E-state index contributed by atoms with van der Waals surface area (Å²) in [7, 11) is 0. The van der Waals surface area contributed by atoms with Gasteiger partial charge in [0.05, 0.1) is 12.3 Å². The molecule has 26 heavy (non-hydrogen) atoms. The summed E-state index contributed by atoms with van der Waals surface area (Å²) in [6.45, 7) is 0.661. The number of fused-ring (bicyclic) bond motifs is 1. The summed E-state index contributed by atoms with van der Waals surface area (Å²) in [5, 5.41) is 0.797. The molecule has 0 saturated heterocycles. The van der Waals surface area contributed by atoms with Gasteiger partial charge in [0.15, 0.2) is 0 Å². The molecule has 1 aliphatic carbocycles. The molecule has 0 radical (unpaired) electrons. The van der Waals surface area contributed by atoms with Crippen LogP contribution in [-0.2, 0) is 0 Å². The smallest absolute Gasteiger partial charge is 0.316 e. The van der Waals surface area contributed by atoms with Crippen molar-refractivity contribution in [3.8, 4) is 6.01 Å². The van der Waals surface area contributed by atoms with Crippen molar-refractivity contribution in [2.24, 2.45) is 11.7 Å². The third kappa shape index (κ3) is 3.99. The van der Waals surface area contributed by atoms with Gasteiger partial charge in [0.25, 0.3) is 0 Å². The number of rotatable bonds is 6. The second-order valence-electron chi connectivity index (χ2n) is 6.76. The average Bonchev–Trinajstić information content (AvgIpc) is 3.13. The molecule has 3 aromatic heterocycles. The van der Waals surface area contributed by atoms with E-state index in [2.05, 4.69) is 19.9 Å². The predicted molar refractivity (Wildman–Crippen MR) is 102 cm³/mol. The Bertz CT molecular complexity index is 829. The van der Waals surface area contributed by atoms with Crippen molar-refractivity contribution in [1.29, 1.82) is 0 Å². The molecule has 7 heteroatoms. The largest absolute Gasteiger partial charge is 0.463 e. The standard InChI is InChI=1S/C19H23N5OS/c20-16(18-23-15-7-4-10-21-17(15)26-18)14-8-11-22-19(24-14)25-12-9-13-5-2-1-3-6-13/h4,7-8,10-11,13,16H,1-3,5-6,9,12,20H2. The van der Waals surface area contributed by atoms with Crippen LogP contribution in [0, 0.1) is 5.92 Å². The van der Waals surface area contributed by atoms with Gasteiger partial charge in [0, 0.05) is 12.4 Å². The van der Waals surface area contributed by atoms with Gasteiger partial charge in [-0.05, 0) is 30.5 Å². The molecule has 1 aliphatic rings. The number of pyridine rings is 1. The van der Waals surface area contributed by atoms with Gasteiger partial charge >= 0.3 is 6.01 Å². The predicted octanol–water partition coefficient (Wildman–Crippen LogP) is 3.88. The highest BCUT2D eigenvalue weighted by Gasteiger charge is 2.17. The minimum atomic E-state index is -0.405. The van der Waals surface area contributed by atoms with Crippen LogP contribution >= 0.6 is 11.3 Å². The molecule has 136 valence electrons. The van der Waals surface area contributed by atoms with Crippen LogP contribution in [0.2, 0.25) is 0 Å². The van der Waals surface area contributed by atoms with Gasteiger partial charge in [0.1, 0.15) is 21.4 Å².